The molecule has 1 fully saturated rings. The number of thioether (sulfide) groups is 1. The van der Waals surface area contributed by atoms with Crippen LogP contribution in [-0.4, -0.2) is 42.9 Å². The lowest BCUT2D eigenvalue weighted by atomic mass is 10.0. The quantitative estimate of drug-likeness (QED) is 0.367. The fourth-order valence-electron chi connectivity index (χ4n) is 3.26. The molecule has 1 saturated carbocycles. The van der Waals surface area contributed by atoms with E-state index in [1.54, 1.807) is 4.57 Å². The Bertz CT molecular complexity index is 1090. The molecule has 8 nitrogen and oxygen atoms in total. The molecule has 33 heavy (non-hydrogen) atoms. The first kappa shape index (κ1) is 25.1. The van der Waals surface area contributed by atoms with E-state index in [0.29, 0.717) is 28.7 Å². The Morgan fingerprint density at radius 2 is 1.91 bits per heavy atom. The smallest absolute Gasteiger partial charge is 0.475 e. The van der Waals surface area contributed by atoms with E-state index in [2.05, 4.69) is 15.0 Å². The number of fused-ring (bicyclic) bond motifs is 1. The summed E-state index contributed by atoms with van der Waals surface area (Å²) in [6, 6.07) is 0. The number of hydrogen-bond donors (Lipinski definition) is 2. The van der Waals surface area contributed by atoms with Crippen molar-refractivity contribution in [3.63, 3.8) is 0 Å². The van der Waals surface area contributed by atoms with Crippen LogP contribution < -0.4 is 5.56 Å². The minimum atomic E-state index is -5.08. The van der Waals surface area contributed by atoms with Crippen LogP contribution in [0.3, 0.4) is 0 Å². The number of alkyl halides is 6. The normalized spacial score (nSPS) is 16.7. The average Bonchev–Trinajstić information content (AvgIpc) is 3.21. The number of aromatic amines is 1. The maximum absolute atomic E-state index is 13.5. The van der Waals surface area contributed by atoms with Crippen LogP contribution in [-0.2, 0) is 40.5 Å². The zero-order chi connectivity index (χ0) is 24.6. The van der Waals surface area contributed by atoms with E-state index in [1.165, 1.54) is 18.1 Å². The third-order valence-electron chi connectivity index (χ3n) is 5.19. The van der Waals surface area contributed by atoms with Gasteiger partial charge in [-0.25, -0.2) is 14.8 Å². The summed E-state index contributed by atoms with van der Waals surface area (Å²) in [5.41, 5.74) is -0.334. The fourth-order valence-corrected chi connectivity index (χ4v) is 4.17. The molecular formula is C18H18F6N4O4S. The van der Waals surface area contributed by atoms with Crippen LogP contribution in [0.4, 0.5) is 26.3 Å². The molecule has 2 N–H and O–H groups in total. The Labute approximate surface area is 186 Å². The van der Waals surface area contributed by atoms with Gasteiger partial charge in [-0.3, -0.25) is 4.79 Å². The molecule has 15 heteroatoms. The molecule has 2 aliphatic rings. The van der Waals surface area contributed by atoms with E-state index in [0.717, 1.165) is 0 Å². The second kappa shape index (κ2) is 9.00. The monoisotopic (exact) mass is 500 g/mol. The van der Waals surface area contributed by atoms with Gasteiger partial charge in [0.1, 0.15) is 5.41 Å². The van der Waals surface area contributed by atoms with E-state index in [4.69, 9.17) is 14.6 Å². The van der Waals surface area contributed by atoms with Gasteiger partial charge in [-0.2, -0.15) is 26.3 Å². The van der Waals surface area contributed by atoms with Crippen LogP contribution in [0.5, 0.6) is 0 Å². The minimum absolute atomic E-state index is 0.0696. The topological polar surface area (TPSA) is 110 Å². The predicted octanol–water partition coefficient (Wildman–Crippen LogP) is 3.54. The van der Waals surface area contributed by atoms with Gasteiger partial charge >= 0.3 is 18.3 Å². The summed E-state index contributed by atoms with van der Waals surface area (Å²) < 4.78 is 79.2. The van der Waals surface area contributed by atoms with Crippen molar-refractivity contribution < 1.29 is 41.0 Å². The second-order valence-corrected chi connectivity index (χ2v) is 8.25. The van der Waals surface area contributed by atoms with Gasteiger partial charge in [0.05, 0.1) is 42.2 Å². The lowest BCUT2D eigenvalue weighted by Gasteiger charge is -2.19. The highest BCUT2D eigenvalue weighted by atomic mass is 32.2. The molecule has 0 saturated heterocycles. The SMILES string of the molecule is CCn1cnc(C2(C(F)(F)F)CC2)c1CSc1nc2c(c(=O)[nH]1)COC2.O=C(O)C(F)(F)F. The molecule has 0 amide bonds. The maximum atomic E-state index is 13.5. The fraction of sp³-hybridized carbons (Fsp3) is 0.556. The zero-order valence-electron chi connectivity index (χ0n) is 17.0. The Balaban J connectivity index is 0.000000383. The molecule has 0 unspecified atom stereocenters. The number of carboxylic acid groups (broad SMARTS) is 1. The van der Waals surface area contributed by atoms with Gasteiger partial charge in [-0.1, -0.05) is 11.8 Å². The zero-order valence-corrected chi connectivity index (χ0v) is 17.8. The van der Waals surface area contributed by atoms with Gasteiger partial charge in [0.15, 0.2) is 5.16 Å². The van der Waals surface area contributed by atoms with E-state index in [9.17, 15) is 31.1 Å². The summed E-state index contributed by atoms with van der Waals surface area (Å²) in [7, 11) is 0. The summed E-state index contributed by atoms with van der Waals surface area (Å²) in [6.45, 7) is 2.91. The number of nitrogens with zero attached hydrogens (tertiary/aromatic N) is 3. The molecule has 4 rings (SSSR count). The van der Waals surface area contributed by atoms with Gasteiger partial charge in [0, 0.05) is 12.3 Å². The van der Waals surface area contributed by atoms with Crippen LogP contribution in [0.15, 0.2) is 16.3 Å². The first-order valence-corrected chi connectivity index (χ1v) is 10.5. The number of nitrogens with one attached hydrogen (secondary N) is 1. The van der Waals surface area contributed by atoms with Crippen molar-refractivity contribution in [3.05, 3.63) is 39.3 Å². The third-order valence-corrected chi connectivity index (χ3v) is 6.07. The molecule has 0 bridgehead atoms. The standard InChI is InChI=1S/C16H17F3N4O2S.C2HF3O2/c1-2-23-8-20-12(15(3-4-15)16(17,18)19)11(23)7-26-14-21-10-6-25-5-9(10)13(24)22-14;3-2(4,5)1(6)7/h8H,2-7H2,1H3,(H,21,22,24);(H,6,7). The second-order valence-electron chi connectivity index (χ2n) is 7.29. The summed E-state index contributed by atoms with van der Waals surface area (Å²) in [5, 5.41) is 7.51. The number of ether oxygens (including phenoxy) is 1. The summed E-state index contributed by atoms with van der Waals surface area (Å²) >= 11 is 1.21. The molecule has 0 spiro atoms. The van der Waals surface area contributed by atoms with Crippen molar-refractivity contribution >= 4 is 17.7 Å². The number of imidazole rings is 1. The number of rotatable bonds is 5. The summed E-state index contributed by atoms with van der Waals surface area (Å²) in [6.07, 6.45) is -7.79. The average molecular weight is 500 g/mol. The van der Waals surface area contributed by atoms with Gasteiger partial charge < -0.3 is 19.4 Å². The summed E-state index contributed by atoms with van der Waals surface area (Å²) in [5.74, 6) is -2.50. The summed E-state index contributed by atoms with van der Waals surface area (Å²) in [4.78, 5) is 32.0. The highest BCUT2D eigenvalue weighted by Gasteiger charge is 2.66. The van der Waals surface area contributed by atoms with Gasteiger partial charge in [-0.05, 0) is 19.8 Å². The third kappa shape index (κ3) is 5.18. The molecule has 1 aliphatic carbocycles. The number of H-pyrrole nitrogens is 1. The largest absolute Gasteiger partial charge is 0.490 e. The molecular weight excluding hydrogens is 482 g/mol. The highest BCUT2D eigenvalue weighted by molar-refractivity contribution is 7.98. The number of halogens is 6. The minimum Gasteiger partial charge on any atom is -0.475 e. The van der Waals surface area contributed by atoms with Crippen LogP contribution in [0, 0.1) is 0 Å². The Morgan fingerprint density at radius 1 is 1.27 bits per heavy atom. The molecule has 2 aromatic rings. The van der Waals surface area contributed by atoms with Crippen molar-refractivity contribution in [2.75, 3.05) is 0 Å². The molecule has 0 radical (unpaired) electrons. The van der Waals surface area contributed by atoms with Crippen LogP contribution >= 0.6 is 11.8 Å². The lowest BCUT2D eigenvalue weighted by molar-refractivity contribution is -0.192. The molecule has 3 heterocycles. The Hall–Kier alpha value is -2.55. The Morgan fingerprint density at radius 3 is 2.42 bits per heavy atom. The van der Waals surface area contributed by atoms with E-state index < -0.39 is 23.7 Å². The van der Waals surface area contributed by atoms with Crippen molar-refractivity contribution in [3.8, 4) is 0 Å². The lowest BCUT2D eigenvalue weighted by Crippen LogP contribution is -2.30. The van der Waals surface area contributed by atoms with E-state index in [1.807, 2.05) is 6.92 Å². The molecule has 0 atom stereocenters. The maximum Gasteiger partial charge on any atom is 0.490 e. The van der Waals surface area contributed by atoms with Gasteiger partial charge in [0.25, 0.3) is 5.56 Å². The molecule has 1 aliphatic heterocycles. The van der Waals surface area contributed by atoms with E-state index >= 15 is 0 Å². The van der Waals surface area contributed by atoms with E-state index in [-0.39, 0.29) is 43.1 Å². The van der Waals surface area contributed by atoms with Gasteiger partial charge in [-0.15, -0.1) is 0 Å². The van der Waals surface area contributed by atoms with Crippen LogP contribution in [0.1, 0.15) is 42.4 Å². The number of hydrogen-bond acceptors (Lipinski definition) is 6. The number of aryl methyl sites for hydroxylation is 1. The molecule has 2 aromatic heterocycles. The first-order chi connectivity index (χ1) is 15.3. The van der Waals surface area contributed by atoms with Crippen molar-refractivity contribution in [1.29, 1.82) is 0 Å². The number of aliphatic carboxylic acids is 1. The van der Waals surface area contributed by atoms with Crippen molar-refractivity contribution in [1.82, 2.24) is 19.5 Å². The predicted molar refractivity (Wildman–Crippen MR) is 101 cm³/mol. The first-order valence-electron chi connectivity index (χ1n) is 9.54. The van der Waals surface area contributed by atoms with Crippen molar-refractivity contribution in [2.45, 2.75) is 68.2 Å². The molecule has 182 valence electrons. The van der Waals surface area contributed by atoms with Crippen LogP contribution in [0.2, 0.25) is 0 Å². The van der Waals surface area contributed by atoms with Gasteiger partial charge in [0.2, 0.25) is 0 Å². The van der Waals surface area contributed by atoms with Crippen LogP contribution in [0.25, 0.3) is 0 Å². The Kier molecular flexibility index (Phi) is 6.84. The van der Waals surface area contributed by atoms with Crippen molar-refractivity contribution in [2.24, 2.45) is 0 Å². The number of aromatic nitrogens is 4. The molecule has 0 aromatic carbocycles. The number of carboxylic acids is 1. The number of carbonyl (C=O) groups is 1. The highest BCUT2D eigenvalue weighted by Crippen LogP contribution is 2.59.